The van der Waals surface area contributed by atoms with Crippen LogP contribution in [0.1, 0.15) is 0 Å². The summed E-state index contributed by atoms with van der Waals surface area (Å²) in [6.07, 6.45) is 3.93. The molecule has 0 unspecified atom stereocenters. The summed E-state index contributed by atoms with van der Waals surface area (Å²) in [6, 6.07) is 5.17. The van der Waals surface area contributed by atoms with Crippen LogP contribution in [0.15, 0.2) is 28.9 Å². The molecule has 2 aromatic rings. The molecule has 0 spiro atoms. The number of ether oxygens (including phenoxy) is 3. The summed E-state index contributed by atoms with van der Waals surface area (Å²) in [4.78, 5) is 3.73. The SMILES string of the molecule is COc1ccc(Oc2n[c]co2)c(OC)c1. The van der Waals surface area contributed by atoms with Gasteiger partial charge in [0.1, 0.15) is 18.2 Å². The van der Waals surface area contributed by atoms with Gasteiger partial charge in [0.2, 0.25) is 0 Å². The van der Waals surface area contributed by atoms with E-state index in [1.54, 1.807) is 32.4 Å². The lowest BCUT2D eigenvalue weighted by Gasteiger charge is -2.08. The van der Waals surface area contributed by atoms with Crippen LogP contribution in [-0.4, -0.2) is 19.2 Å². The summed E-state index contributed by atoms with van der Waals surface area (Å²) in [6.45, 7) is 0. The molecule has 5 heteroatoms. The largest absolute Gasteiger partial charge is 0.497 e. The Morgan fingerprint density at radius 3 is 2.69 bits per heavy atom. The molecule has 1 aromatic carbocycles. The maximum Gasteiger partial charge on any atom is 0.399 e. The van der Waals surface area contributed by atoms with Crippen molar-refractivity contribution in [3.8, 4) is 23.3 Å². The van der Waals surface area contributed by atoms with Crippen LogP contribution in [0, 0.1) is 6.20 Å². The highest BCUT2D eigenvalue weighted by Gasteiger charge is 2.09. The quantitative estimate of drug-likeness (QED) is 0.791. The first-order valence-electron chi connectivity index (χ1n) is 4.55. The van der Waals surface area contributed by atoms with Gasteiger partial charge in [-0.15, -0.1) is 0 Å². The van der Waals surface area contributed by atoms with Crippen molar-refractivity contribution in [3.05, 3.63) is 30.7 Å². The number of hydrogen-bond donors (Lipinski definition) is 0. The number of oxazole rings is 1. The average Bonchev–Trinajstić information content (AvgIpc) is 2.82. The Hall–Kier alpha value is -2.17. The van der Waals surface area contributed by atoms with Crippen molar-refractivity contribution in [2.45, 2.75) is 0 Å². The second-order valence-electron chi connectivity index (χ2n) is 2.86. The van der Waals surface area contributed by atoms with E-state index in [2.05, 4.69) is 11.2 Å². The minimum Gasteiger partial charge on any atom is -0.497 e. The molecule has 1 aromatic heterocycles. The molecule has 0 aliphatic carbocycles. The van der Waals surface area contributed by atoms with Gasteiger partial charge in [0.25, 0.3) is 0 Å². The molecule has 83 valence electrons. The van der Waals surface area contributed by atoms with Gasteiger partial charge >= 0.3 is 6.08 Å². The minimum absolute atomic E-state index is 0.114. The third-order valence-corrected chi connectivity index (χ3v) is 1.94. The molecule has 2 rings (SSSR count). The molecule has 1 radical (unpaired) electrons. The highest BCUT2D eigenvalue weighted by Crippen LogP contribution is 2.33. The summed E-state index contributed by atoms with van der Waals surface area (Å²) in [5.74, 6) is 1.72. The van der Waals surface area contributed by atoms with Crippen LogP contribution in [0.25, 0.3) is 0 Å². The fourth-order valence-electron chi connectivity index (χ4n) is 1.18. The Bertz CT molecular complexity index is 453. The monoisotopic (exact) mass is 220 g/mol. The Kier molecular flexibility index (Phi) is 2.95. The van der Waals surface area contributed by atoms with Crippen LogP contribution >= 0.6 is 0 Å². The zero-order valence-electron chi connectivity index (χ0n) is 8.89. The number of nitrogens with zero attached hydrogens (tertiary/aromatic N) is 1. The summed E-state index contributed by atoms with van der Waals surface area (Å²) >= 11 is 0. The van der Waals surface area contributed by atoms with Gasteiger partial charge in [0.15, 0.2) is 11.5 Å². The van der Waals surface area contributed by atoms with E-state index in [-0.39, 0.29) is 6.08 Å². The number of hydrogen-bond acceptors (Lipinski definition) is 5. The molecule has 0 bridgehead atoms. The lowest BCUT2D eigenvalue weighted by molar-refractivity contribution is 0.308. The number of benzene rings is 1. The molecular formula is C11H10NO4. The first-order chi connectivity index (χ1) is 7.83. The van der Waals surface area contributed by atoms with Crippen LogP contribution in [0.4, 0.5) is 0 Å². The summed E-state index contributed by atoms with van der Waals surface area (Å²) < 4.78 is 20.5. The van der Waals surface area contributed by atoms with E-state index in [4.69, 9.17) is 18.6 Å². The zero-order chi connectivity index (χ0) is 11.4. The fraction of sp³-hybridized carbons (Fsp3) is 0.182. The molecule has 0 aliphatic heterocycles. The molecule has 5 nitrogen and oxygen atoms in total. The van der Waals surface area contributed by atoms with Gasteiger partial charge in [-0.2, -0.15) is 4.98 Å². The first kappa shape index (κ1) is 10.4. The normalized spacial score (nSPS) is 9.88. The Morgan fingerprint density at radius 1 is 1.19 bits per heavy atom. The molecule has 0 N–H and O–H groups in total. The summed E-state index contributed by atoms with van der Waals surface area (Å²) in [5.41, 5.74) is 0. The smallest absolute Gasteiger partial charge is 0.399 e. The Balaban J connectivity index is 2.26. The van der Waals surface area contributed by atoms with Gasteiger partial charge in [0.05, 0.1) is 14.2 Å². The molecule has 16 heavy (non-hydrogen) atoms. The predicted octanol–water partition coefficient (Wildman–Crippen LogP) is 2.28. The van der Waals surface area contributed by atoms with Crippen molar-refractivity contribution in [1.82, 2.24) is 4.98 Å². The summed E-state index contributed by atoms with van der Waals surface area (Å²) in [5, 5.41) is 0. The molecule has 0 atom stereocenters. The van der Waals surface area contributed by atoms with Crippen molar-refractivity contribution in [3.63, 3.8) is 0 Å². The third-order valence-electron chi connectivity index (χ3n) is 1.94. The Labute approximate surface area is 92.6 Å². The van der Waals surface area contributed by atoms with Gasteiger partial charge in [-0.3, -0.25) is 0 Å². The van der Waals surface area contributed by atoms with E-state index in [1.807, 2.05) is 0 Å². The van der Waals surface area contributed by atoms with Gasteiger partial charge in [-0.1, -0.05) is 0 Å². The lowest BCUT2D eigenvalue weighted by Crippen LogP contribution is -1.91. The van der Waals surface area contributed by atoms with Gasteiger partial charge < -0.3 is 18.6 Å². The number of aromatic nitrogens is 1. The van der Waals surface area contributed by atoms with E-state index in [1.165, 1.54) is 6.26 Å². The van der Waals surface area contributed by atoms with Gasteiger partial charge in [-0.25, -0.2) is 0 Å². The third kappa shape index (κ3) is 2.08. The van der Waals surface area contributed by atoms with Crippen LogP contribution < -0.4 is 14.2 Å². The average molecular weight is 220 g/mol. The molecule has 0 amide bonds. The van der Waals surface area contributed by atoms with Crippen molar-refractivity contribution < 1.29 is 18.6 Å². The lowest BCUT2D eigenvalue weighted by atomic mass is 10.3. The summed E-state index contributed by atoms with van der Waals surface area (Å²) in [7, 11) is 3.13. The first-order valence-corrected chi connectivity index (χ1v) is 4.55. The van der Waals surface area contributed by atoms with Crippen molar-refractivity contribution in [1.29, 1.82) is 0 Å². The van der Waals surface area contributed by atoms with E-state index in [0.717, 1.165) is 0 Å². The molecule has 1 heterocycles. The fourth-order valence-corrected chi connectivity index (χ4v) is 1.18. The van der Waals surface area contributed by atoms with Crippen molar-refractivity contribution >= 4 is 0 Å². The zero-order valence-corrected chi connectivity index (χ0v) is 8.89. The predicted molar refractivity (Wildman–Crippen MR) is 55.0 cm³/mol. The molecular weight excluding hydrogens is 210 g/mol. The van der Waals surface area contributed by atoms with E-state index in [0.29, 0.717) is 17.2 Å². The molecule has 0 fully saturated rings. The highest BCUT2D eigenvalue weighted by atomic mass is 16.6. The topological polar surface area (TPSA) is 53.7 Å². The van der Waals surface area contributed by atoms with Crippen molar-refractivity contribution in [2.24, 2.45) is 0 Å². The maximum absolute atomic E-state index is 5.35. The van der Waals surface area contributed by atoms with Crippen LogP contribution in [-0.2, 0) is 0 Å². The van der Waals surface area contributed by atoms with Crippen LogP contribution in [0.5, 0.6) is 23.3 Å². The van der Waals surface area contributed by atoms with Crippen molar-refractivity contribution in [2.75, 3.05) is 14.2 Å². The standard InChI is InChI=1S/C11H10NO4/c1-13-8-3-4-9(10(7-8)14-2)16-11-12-5-6-15-11/h3-4,6-7H,1-2H3. The second-order valence-corrected chi connectivity index (χ2v) is 2.86. The van der Waals surface area contributed by atoms with E-state index >= 15 is 0 Å². The van der Waals surface area contributed by atoms with Crippen LogP contribution in [0.3, 0.4) is 0 Å². The number of rotatable bonds is 4. The number of methoxy groups -OCH3 is 2. The van der Waals surface area contributed by atoms with E-state index < -0.39 is 0 Å². The second kappa shape index (κ2) is 4.57. The van der Waals surface area contributed by atoms with Crippen LogP contribution in [0.2, 0.25) is 0 Å². The van der Waals surface area contributed by atoms with E-state index in [9.17, 15) is 0 Å². The highest BCUT2D eigenvalue weighted by molar-refractivity contribution is 5.46. The maximum atomic E-state index is 5.35. The van der Waals surface area contributed by atoms with Gasteiger partial charge in [0, 0.05) is 6.07 Å². The minimum atomic E-state index is 0.114. The molecule has 0 aliphatic rings. The Morgan fingerprint density at radius 2 is 2.06 bits per heavy atom. The molecule has 0 saturated heterocycles. The van der Waals surface area contributed by atoms with Gasteiger partial charge in [-0.05, 0) is 12.1 Å². The molecule has 0 saturated carbocycles.